The van der Waals surface area contributed by atoms with Crippen molar-refractivity contribution in [3.8, 4) is 12.1 Å². The third-order valence-electron chi connectivity index (χ3n) is 7.06. The Bertz CT molecular complexity index is 1750. The summed E-state index contributed by atoms with van der Waals surface area (Å²) in [5.41, 5.74) is 9.82. The van der Waals surface area contributed by atoms with Gasteiger partial charge >= 0.3 is 0 Å². The van der Waals surface area contributed by atoms with Gasteiger partial charge in [0.25, 0.3) is 0 Å². The third-order valence-corrected chi connectivity index (χ3v) is 7.35. The largest absolute Gasteiger partial charge is 0.376 e. The molecule has 8 nitrogen and oxygen atoms in total. The van der Waals surface area contributed by atoms with Gasteiger partial charge in [-0.15, -0.1) is 5.53 Å². The number of nitriles is 2. The van der Waals surface area contributed by atoms with Crippen molar-refractivity contribution in [3.05, 3.63) is 112 Å². The number of aromatic nitrogens is 1. The van der Waals surface area contributed by atoms with Gasteiger partial charge < -0.3 is 16.1 Å². The van der Waals surface area contributed by atoms with Crippen LogP contribution in [0.1, 0.15) is 49.4 Å². The van der Waals surface area contributed by atoms with E-state index in [1.165, 1.54) is 18.3 Å². The van der Waals surface area contributed by atoms with Gasteiger partial charge in [0.1, 0.15) is 11.9 Å². The van der Waals surface area contributed by atoms with Gasteiger partial charge in [0.15, 0.2) is 0 Å². The molecule has 6 rings (SSSR count). The second kappa shape index (κ2) is 11.3. The summed E-state index contributed by atoms with van der Waals surface area (Å²) in [5, 5.41) is 29.0. The van der Waals surface area contributed by atoms with E-state index in [1.54, 1.807) is 24.3 Å². The predicted molar refractivity (Wildman–Crippen MR) is 156 cm³/mol. The molecule has 4 N–H and O–H groups in total. The number of pyridine rings is 1. The molecule has 0 bridgehead atoms. The van der Waals surface area contributed by atoms with Crippen LogP contribution in [0, 0.1) is 28.5 Å². The van der Waals surface area contributed by atoms with Crippen LogP contribution in [-0.4, -0.2) is 16.0 Å². The first-order valence-corrected chi connectivity index (χ1v) is 13.5. The lowest BCUT2D eigenvalue weighted by atomic mass is 10.0. The average Bonchev–Trinajstić information content (AvgIpc) is 3.73. The first-order chi connectivity index (χ1) is 20.4. The highest BCUT2D eigenvalue weighted by atomic mass is 35.5. The zero-order valence-electron chi connectivity index (χ0n) is 22.8. The van der Waals surface area contributed by atoms with Crippen LogP contribution in [0.3, 0.4) is 0 Å². The molecule has 0 saturated heterocycles. The molecule has 2 heterocycles. The minimum atomic E-state index is -1.57. The first kappa shape index (κ1) is 25.2. The molecule has 1 aromatic heterocycles. The molecule has 3 aromatic carbocycles. The molecule has 1 saturated carbocycles. The van der Waals surface area contributed by atoms with Crippen LogP contribution < -0.4 is 21.6 Å². The molecule has 0 unspecified atom stereocenters. The van der Waals surface area contributed by atoms with Gasteiger partial charge in [-0.25, -0.2) is 4.39 Å². The number of hydrazine groups is 2. The van der Waals surface area contributed by atoms with E-state index in [2.05, 4.69) is 38.7 Å². The van der Waals surface area contributed by atoms with E-state index in [9.17, 15) is 16.3 Å². The van der Waals surface area contributed by atoms with E-state index in [-0.39, 0.29) is 12.0 Å². The van der Waals surface area contributed by atoms with Gasteiger partial charge in [-0.1, -0.05) is 54.1 Å². The molecule has 0 radical (unpaired) electrons. The minimum Gasteiger partial charge on any atom is -0.376 e. The number of rotatable bonds is 9. The number of nitrogens with one attached hydrogen (secondary N) is 4. The lowest BCUT2D eigenvalue weighted by Crippen LogP contribution is -2.38. The summed E-state index contributed by atoms with van der Waals surface area (Å²) in [6.45, 7) is 0. The van der Waals surface area contributed by atoms with Gasteiger partial charge in [-0.05, 0) is 48.2 Å². The van der Waals surface area contributed by atoms with Crippen LogP contribution in [0.5, 0.6) is 0 Å². The van der Waals surface area contributed by atoms with Crippen molar-refractivity contribution in [1.82, 2.24) is 21.0 Å². The van der Waals surface area contributed by atoms with Crippen molar-refractivity contribution in [2.75, 3.05) is 10.6 Å². The predicted octanol–water partition coefficient (Wildman–Crippen LogP) is 6.45. The zero-order valence-corrected chi connectivity index (χ0v) is 22.6. The Kier molecular flexibility index (Phi) is 6.96. The van der Waals surface area contributed by atoms with Gasteiger partial charge in [0, 0.05) is 29.5 Å². The Labute approximate surface area is 243 Å². The molecule has 4 aromatic rings. The number of hydrogen-bond acceptors (Lipinski definition) is 8. The minimum absolute atomic E-state index is 0.162. The summed E-state index contributed by atoms with van der Waals surface area (Å²) in [4.78, 5) is 4.44. The van der Waals surface area contributed by atoms with E-state index in [0.717, 1.165) is 18.4 Å². The van der Waals surface area contributed by atoms with Gasteiger partial charge in [0.2, 0.25) is 0 Å². The summed E-state index contributed by atoms with van der Waals surface area (Å²) in [5.74, 6) is -0.405. The number of fused-ring (bicyclic) bond motifs is 1. The van der Waals surface area contributed by atoms with E-state index in [0.29, 0.717) is 44.6 Å². The average molecular weight is 566 g/mol. The fraction of sp³-hybridized carbons (Fsp3) is 0.194. The fourth-order valence-corrected chi connectivity index (χ4v) is 5.10. The Hall–Kier alpha value is -4.83. The fourth-order valence-electron chi connectivity index (χ4n) is 4.84. The molecule has 2 atom stereocenters. The number of anilines is 2. The molecule has 1 aliphatic carbocycles. The lowest BCUT2D eigenvalue weighted by molar-refractivity contribution is 0.260. The maximum Gasteiger partial charge on any atom is 0.123 e. The van der Waals surface area contributed by atoms with Crippen molar-refractivity contribution in [3.63, 3.8) is 0 Å². The van der Waals surface area contributed by atoms with Crippen LogP contribution in [0.2, 0.25) is 5.02 Å². The summed E-state index contributed by atoms with van der Waals surface area (Å²) in [6.07, 6.45) is 5.56. The Morgan fingerprint density at radius 3 is 2.59 bits per heavy atom. The third kappa shape index (κ3) is 5.59. The summed E-state index contributed by atoms with van der Waals surface area (Å²) in [7, 11) is 0. The molecular weight excluding hydrogens is 539 g/mol. The summed E-state index contributed by atoms with van der Waals surface area (Å²) >= 11 is 6.75. The number of benzene rings is 3. The van der Waals surface area contributed by atoms with Crippen LogP contribution in [0.4, 0.5) is 15.8 Å². The summed E-state index contributed by atoms with van der Waals surface area (Å²) < 4.78 is 23.5. The van der Waals surface area contributed by atoms with Crippen LogP contribution in [0.15, 0.2) is 84.8 Å². The van der Waals surface area contributed by atoms with E-state index >= 15 is 0 Å². The quantitative estimate of drug-likeness (QED) is 0.183. The lowest BCUT2D eigenvalue weighted by Gasteiger charge is -2.23. The maximum absolute atomic E-state index is 13.9. The smallest absolute Gasteiger partial charge is 0.123 e. The van der Waals surface area contributed by atoms with E-state index < -0.39 is 17.9 Å². The van der Waals surface area contributed by atoms with Crippen molar-refractivity contribution in [1.29, 1.82) is 10.5 Å². The molecule has 0 spiro atoms. The molecule has 2 aliphatic rings. The molecule has 204 valence electrons. The number of halogens is 2. The van der Waals surface area contributed by atoms with Crippen LogP contribution in [0.25, 0.3) is 10.9 Å². The monoisotopic (exact) mass is 565 g/mol. The molecule has 1 aliphatic heterocycles. The molecular formula is C31H26ClFN8. The summed E-state index contributed by atoms with van der Waals surface area (Å²) in [6, 6.07) is 21.5. The van der Waals surface area contributed by atoms with E-state index in [4.69, 9.17) is 11.6 Å². The van der Waals surface area contributed by atoms with Gasteiger partial charge in [0.05, 0.1) is 53.4 Å². The highest BCUT2D eigenvalue weighted by molar-refractivity contribution is 6.35. The zero-order chi connectivity index (χ0) is 29.3. The van der Waals surface area contributed by atoms with E-state index in [1.807, 2.05) is 41.5 Å². The van der Waals surface area contributed by atoms with Crippen LogP contribution >= 0.6 is 11.6 Å². The van der Waals surface area contributed by atoms with Crippen molar-refractivity contribution in [2.24, 2.45) is 0 Å². The topological polar surface area (TPSA) is 112 Å². The number of nitrogens with zero attached hydrogens (tertiary/aromatic N) is 4. The van der Waals surface area contributed by atoms with Gasteiger partial charge in [-0.2, -0.15) is 10.5 Å². The second-order valence-corrected chi connectivity index (χ2v) is 10.3. The highest BCUT2D eigenvalue weighted by Crippen LogP contribution is 2.38. The molecule has 1 fully saturated rings. The highest BCUT2D eigenvalue weighted by Gasteiger charge is 2.32. The standard InChI is InChI=1S/C31H26ClFN8/c32-26-15-23(37-30(20-6-8-22(33)9-7-20)28-18-41(40-39-28)24-10-11-24)14-25-29(21(16-35)17-36-31(25)26)38-27(12-13-34)19-4-2-1-3-5-19/h1-9,14-15,17-18,24,27,30,37,39-40H,10-12H2,(H,36,38)/t27-,30+/m0/s1/i30D. The SMILES string of the molecule is [2H][C@](Nc1cc(Cl)c2ncc(C#N)c(N[C@@H](CC#N)c3ccccc3)c2c1)(C1=CN(C2CC2)NN1)c1ccc(F)cc1. The Balaban J connectivity index is 1.45. The van der Waals surface area contributed by atoms with Gasteiger partial charge in [-0.3, -0.25) is 9.99 Å². The molecule has 41 heavy (non-hydrogen) atoms. The van der Waals surface area contributed by atoms with Crippen molar-refractivity contribution in [2.45, 2.75) is 37.4 Å². The molecule has 0 amide bonds. The van der Waals surface area contributed by atoms with Crippen LogP contribution in [-0.2, 0) is 0 Å². The Morgan fingerprint density at radius 2 is 1.88 bits per heavy atom. The second-order valence-electron chi connectivity index (χ2n) is 9.91. The van der Waals surface area contributed by atoms with Crippen molar-refractivity contribution < 1.29 is 5.76 Å². The maximum atomic E-state index is 13.9. The normalized spacial score (nSPS) is 16.9. The molecule has 10 heteroatoms. The first-order valence-electron chi connectivity index (χ1n) is 13.7. The van der Waals surface area contributed by atoms with Crippen molar-refractivity contribution >= 4 is 33.9 Å². The Morgan fingerprint density at radius 1 is 1.10 bits per heavy atom. The number of hydrogen-bond donors (Lipinski definition) is 4.